The van der Waals surface area contributed by atoms with Crippen LogP contribution >= 0.6 is 0 Å². The Morgan fingerprint density at radius 3 is 1.77 bits per heavy atom. The second-order valence-corrected chi connectivity index (χ2v) is 13.8. The average Bonchev–Trinajstić information content (AvgIpc) is 3.95. The molecule has 0 radical (unpaired) electrons. The quantitative estimate of drug-likeness (QED) is 0.0808. The first-order valence-corrected chi connectivity index (χ1v) is 19.3. The molecule has 0 bridgehead atoms. The van der Waals surface area contributed by atoms with E-state index in [1.54, 1.807) is 10.9 Å². The summed E-state index contributed by atoms with van der Waals surface area (Å²) in [6, 6.07) is 57.9. The van der Waals surface area contributed by atoms with E-state index in [-0.39, 0.29) is 12.6 Å². The first kappa shape index (κ1) is 36.8. The van der Waals surface area contributed by atoms with Gasteiger partial charge in [-0.2, -0.15) is 0 Å². The molecular formula is C48H43N7O2. The molecule has 0 aliphatic heterocycles. The van der Waals surface area contributed by atoms with Crippen LogP contribution < -0.4 is 4.90 Å². The van der Waals surface area contributed by atoms with Gasteiger partial charge in [0.1, 0.15) is 11.1 Å². The molecular weight excluding hydrogens is 707 g/mol. The van der Waals surface area contributed by atoms with Crippen molar-refractivity contribution in [2.75, 3.05) is 18.1 Å². The van der Waals surface area contributed by atoms with Crippen molar-refractivity contribution < 1.29 is 9.53 Å². The van der Waals surface area contributed by atoms with Crippen LogP contribution in [-0.2, 0) is 16.8 Å². The molecule has 0 saturated carbocycles. The first-order chi connectivity index (χ1) is 28.1. The molecule has 8 rings (SSSR count). The molecule has 0 atom stereocenters. The summed E-state index contributed by atoms with van der Waals surface area (Å²) in [5, 5.41) is 18.8. The maximum Gasteiger partial charge on any atom is 0.343 e. The molecule has 0 amide bonds. The number of nitrogens with zero attached hydrogens (tertiary/aromatic N) is 7. The zero-order chi connectivity index (χ0) is 39.0. The van der Waals surface area contributed by atoms with Crippen molar-refractivity contribution in [1.29, 1.82) is 0 Å². The molecule has 0 aliphatic rings. The van der Waals surface area contributed by atoms with Crippen molar-refractivity contribution in [1.82, 2.24) is 30.0 Å². The number of anilines is 1. The molecule has 0 spiro atoms. The van der Waals surface area contributed by atoms with Gasteiger partial charge in [-0.15, -0.1) is 10.2 Å². The number of ether oxygens (including phenoxy) is 1. The van der Waals surface area contributed by atoms with E-state index >= 15 is 0 Å². The van der Waals surface area contributed by atoms with E-state index in [0.29, 0.717) is 30.3 Å². The van der Waals surface area contributed by atoms with Crippen LogP contribution in [0.25, 0.3) is 28.2 Å². The minimum atomic E-state index is -0.877. The summed E-state index contributed by atoms with van der Waals surface area (Å²) in [5.41, 5.74) is 7.55. The lowest BCUT2D eigenvalue weighted by Gasteiger charge is -2.36. The summed E-state index contributed by atoms with van der Waals surface area (Å²) in [6.07, 6.45) is 2.64. The number of esters is 1. The van der Waals surface area contributed by atoms with Crippen LogP contribution in [0.5, 0.6) is 0 Å². The highest BCUT2D eigenvalue weighted by Crippen LogP contribution is 2.43. The minimum absolute atomic E-state index is 0.281. The molecule has 0 fully saturated rings. The Hall–Kier alpha value is -7.13. The summed E-state index contributed by atoms with van der Waals surface area (Å²) >= 11 is 0. The SMILES string of the molecule is CCCN(Cc1ccc(-c2ccccc2-c2nnnn2C(c2ccccc2)(c2ccccc2)c2ccccc2)cc1)c1nn(-c2ccccc2)cc1C(=O)OCC. The zero-order valence-electron chi connectivity index (χ0n) is 32.0. The highest BCUT2D eigenvalue weighted by molar-refractivity contribution is 5.95. The van der Waals surface area contributed by atoms with E-state index in [2.05, 4.69) is 126 Å². The lowest BCUT2D eigenvalue weighted by Crippen LogP contribution is -2.39. The molecule has 9 heteroatoms. The third kappa shape index (κ3) is 7.23. The van der Waals surface area contributed by atoms with Crippen molar-refractivity contribution in [3.05, 3.63) is 204 Å². The van der Waals surface area contributed by atoms with E-state index in [9.17, 15) is 4.79 Å². The van der Waals surface area contributed by atoms with Gasteiger partial charge in [-0.3, -0.25) is 0 Å². The van der Waals surface area contributed by atoms with Crippen LogP contribution in [0, 0.1) is 0 Å². The summed E-state index contributed by atoms with van der Waals surface area (Å²) < 4.78 is 9.19. The maximum absolute atomic E-state index is 13.2. The fourth-order valence-corrected chi connectivity index (χ4v) is 7.62. The number of para-hydroxylation sites is 1. The molecule has 9 nitrogen and oxygen atoms in total. The fourth-order valence-electron chi connectivity index (χ4n) is 7.62. The largest absolute Gasteiger partial charge is 0.462 e. The van der Waals surface area contributed by atoms with Crippen LogP contribution in [0.3, 0.4) is 0 Å². The highest BCUT2D eigenvalue weighted by atomic mass is 16.5. The van der Waals surface area contributed by atoms with Crippen LogP contribution in [0.15, 0.2) is 176 Å². The normalized spacial score (nSPS) is 11.3. The Morgan fingerprint density at radius 2 is 1.21 bits per heavy atom. The maximum atomic E-state index is 13.2. The van der Waals surface area contributed by atoms with Crippen molar-refractivity contribution in [2.45, 2.75) is 32.4 Å². The lowest BCUT2D eigenvalue weighted by molar-refractivity contribution is 0.0527. The van der Waals surface area contributed by atoms with E-state index in [4.69, 9.17) is 20.1 Å². The first-order valence-electron chi connectivity index (χ1n) is 19.3. The predicted molar refractivity (Wildman–Crippen MR) is 224 cm³/mol. The molecule has 0 saturated heterocycles. The summed E-state index contributed by atoms with van der Waals surface area (Å²) in [6.45, 7) is 5.48. The van der Waals surface area contributed by atoms with E-state index in [1.165, 1.54) is 0 Å². The molecule has 2 aromatic heterocycles. The number of carbonyl (C=O) groups excluding carboxylic acids is 1. The van der Waals surface area contributed by atoms with Gasteiger partial charge in [-0.1, -0.05) is 165 Å². The summed E-state index contributed by atoms with van der Waals surface area (Å²) in [7, 11) is 0. The monoisotopic (exact) mass is 749 g/mol. The molecule has 282 valence electrons. The van der Waals surface area contributed by atoms with Crippen molar-refractivity contribution in [2.24, 2.45) is 0 Å². The van der Waals surface area contributed by atoms with E-state index < -0.39 is 5.54 Å². The number of benzene rings is 6. The third-order valence-corrected chi connectivity index (χ3v) is 10.2. The topological polar surface area (TPSA) is 91.0 Å². The Balaban J connectivity index is 1.18. The van der Waals surface area contributed by atoms with Gasteiger partial charge in [0.15, 0.2) is 11.6 Å². The number of tetrazole rings is 1. The molecule has 0 N–H and O–H groups in total. The van der Waals surface area contributed by atoms with E-state index in [1.807, 2.05) is 72.3 Å². The second-order valence-electron chi connectivity index (χ2n) is 13.8. The standard InChI is InChI=1S/C48H43N7O2/c1-3-33-53(46-44(47(56)57-4-2)35-54(50-46)41-25-15-8-16-26-41)34-36-29-31-37(32-30-36)42-27-17-18-28-43(42)45-49-51-52-55(45)48(38-19-9-5-10-20-38,39-21-11-6-12-22-39)40-23-13-7-14-24-40/h5-32,35H,3-4,33-34H2,1-2H3. The number of aromatic nitrogens is 6. The fraction of sp³-hybridized carbons (Fsp3) is 0.146. The van der Waals surface area contributed by atoms with Gasteiger partial charge in [0.05, 0.1) is 12.3 Å². The van der Waals surface area contributed by atoms with Gasteiger partial charge in [-0.25, -0.2) is 14.2 Å². The second kappa shape index (κ2) is 16.7. The summed E-state index contributed by atoms with van der Waals surface area (Å²) in [4.78, 5) is 15.4. The molecule has 8 aromatic rings. The number of hydrogen-bond donors (Lipinski definition) is 0. The number of rotatable bonds is 14. The van der Waals surface area contributed by atoms with Gasteiger partial charge in [0.25, 0.3) is 0 Å². The molecule has 6 aromatic carbocycles. The Bertz CT molecular complexity index is 2440. The van der Waals surface area contributed by atoms with Crippen LogP contribution in [0.4, 0.5) is 5.82 Å². The van der Waals surface area contributed by atoms with E-state index in [0.717, 1.165) is 51.1 Å². The van der Waals surface area contributed by atoms with Crippen LogP contribution in [-0.4, -0.2) is 49.1 Å². The van der Waals surface area contributed by atoms with Gasteiger partial charge in [0, 0.05) is 24.8 Å². The average molecular weight is 750 g/mol. The number of carbonyl (C=O) groups is 1. The van der Waals surface area contributed by atoms with Crippen molar-refractivity contribution in [3.8, 4) is 28.2 Å². The van der Waals surface area contributed by atoms with Crippen molar-refractivity contribution >= 4 is 11.8 Å². The summed E-state index contributed by atoms with van der Waals surface area (Å²) in [5.74, 6) is 0.848. The van der Waals surface area contributed by atoms with Gasteiger partial charge in [-0.05, 0) is 69.3 Å². The Kier molecular flexibility index (Phi) is 10.8. The predicted octanol–water partition coefficient (Wildman–Crippen LogP) is 9.63. The minimum Gasteiger partial charge on any atom is -0.462 e. The molecule has 0 aliphatic carbocycles. The smallest absolute Gasteiger partial charge is 0.343 e. The lowest BCUT2D eigenvalue weighted by atomic mass is 9.77. The van der Waals surface area contributed by atoms with Gasteiger partial charge >= 0.3 is 5.97 Å². The molecule has 0 unspecified atom stereocenters. The molecule has 57 heavy (non-hydrogen) atoms. The van der Waals surface area contributed by atoms with Gasteiger partial charge < -0.3 is 9.64 Å². The number of hydrogen-bond acceptors (Lipinski definition) is 7. The van der Waals surface area contributed by atoms with Gasteiger partial charge in [0.2, 0.25) is 0 Å². The Morgan fingerprint density at radius 1 is 0.667 bits per heavy atom. The van der Waals surface area contributed by atoms with Crippen LogP contribution in [0.1, 0.15) is 52.9 Å². The molecule has 2 heterocycles. The highest BCUT2D eigenvalue weighted by Gasteiger charge is 2.42. The van der Waals surface area contributed by atoms with Crippen molar-refractivity contribution in [3.63, 3.8) is 0 Å². The Labute approximate surface area is 332 Å². The van der Waals surface area contributed by atoms with Crippen LogP contribution in [0.2, 0.25) is 0 Å². The zero-order valence-corrected chi connectivity index (χ0v) is 32.0. The third-order valence-electron chi connectivity index (χ3n) is 10.2.